The van der Waals surface area contributed by atoms with Crippen molar-refractivity contribution in [1.82, 2.24) is 0 Å². The van der Waals surface area contributed by atoms with Gasteiger partial charge in [0.1, 0.15) is 24.7 Å². The molecule has 0 heterocycles. The van der Waals surface area contributed by atoms with Crippen molar-refractivity contribution in [1.29, 1.82) is 0 Å². The molecule has 0 aromatic heterocycles. The van der Waals surface area contributed by atoms with Gasteiger partial charge in [-0.1, -0.05) is 55.5 Å². The summed E-state index contributed by atoms with van der Waals surface area (Å²) in [7, 11) is -3.16. The molecule has 36 heavy (non-hydrogen) atoms. The molecule has 0 saturated heterocycles. The molecule has 4 rings (SSSR count). The lowest BCUT2D eigenvalue weighted by atomic mass is 9.89. The molecule has 0 unspecified atom stereocenters. The minimum absolute atomic E-state index is 0.102. The maximum atomic E-state index is 6.42. The zero-order valence-electron chi connectivity index (χ0n) is 22.8. The first kappa shape index (κ1) is 26.9. The number of rotatable bonds is 12. The maximum Gasteiger partial charge on any atom is 0.183 e. The van der Waals surface area contributed by atoms with Crippen LogP contribution in [0.2, 0.25) is 39.3 Å². The van der Waals surface area contributed by atoms with E-state index in [1.807, 2.05) is 0 Å². The van der Waals surface area contributed by atoms with E-state index in [1.54, 1.807) is 0 Å². The standard InChI is InChI=1S/C30H40O4Si2/c1-22(27-20-23-12-8-10-14-25(23)29(27)31-16-18-33-35(2,3)4)28-21-24-13-9-11-15-26(24)30(28)32-17-19-34-36(5,6)7/h8-15,20-22H,16-19H2,1-7H3. The average Bonchev–Trinajstić information content (AvgIpc) is 3.36. The molecule has 2 aromatic carbocycles. The van der Waals surface area contributed by atoms with Crippen LogP contribution in [0.4, 0.5) is 0 Å². The van der Waals surface area contributed by atoms with Crippen molar-refractivity contribution in [2.75, 3.05) is 26.4 Å². The van der Waals surface area contributed by atoms with Gasteiger partial charge in [0.25, 0.3) is 0 Å². The van der Waals surface area contributed by atoms with E-state index in [0.29, 0.717) is 26.4 Å². The molecule has 2 radical (unpaired) electrons. The van der Waals surface area contributed by atoms with E-state index in [0.717, 1.165) is 22.6 Å². The summed E-state index contributed by atoms with van der Waals surface area (Å²) in [6.07, 6.45) is 4.54. The van der Waals surface area contributed by atoms with Gasteiger partial charge in [0.2, 0.25) is 0 Å². The maximum absolute atomic E-state index is 6.42. The molecule has 0 amide bonds. The van der Waals surface area contributed by atoms with Crippen LogP contribution >= 0.6 is 0 Å². The van der Waals surface area contributed by atoms with E-state index >= 15 is 0 Å². The molecule has 0 bridgehead atoms. The lowest BCUT2D eigenvalue weighted by Crippen LogP contribution is -2.27. The average molecular weight is 521 g/mol. The van der Waals surface area contributed by atoms with Crippen LogP contribution in [0.15, 0.2) is 59.7 Å². The smallest absolute Gasteiger partial charge is 0.183 e. The Kier molecular flexibility index (Phi) is 8.29. The van der Waals surface area contributed by atoms with Crippen LogP contribution in [0.25, 0.3) is 11.5 Å². The lowest BCUT2D eigenvalue weighted by Gasteiger charge is -2.21. The van der Waals surface area contributed by atoms with E-state index in [9.17, 15) is 0 Å². The number of benzene rings is 2. The Labute approximate surface area is 219 Å². The fraction of sp³-hybridized carbons (Fsp3) is 0.400. The topological polar surface area (TPSA) is 36.9 Å². The third kappa shape index (κ3) is 6.59. The largest absolute Gasteiger partial charge is 0.491 e. The summed E-state index contributed by atoms with van der Waals surface area (Å²) in [6.45, 7) is 17.8. The second-order valence-corrected chi connectivity index (χ2v) is 20.4. The van der Waals surface area contributed by atoms with Gasteiger partial charge in [-0.3, -0.25) is 0 Å². The zero-order chi connectivity index (χ0) is 25.9. The first-order valence-corrected chi connectivity index (χ1v) is 19.8. The summed E-state index contributed by atoms with van der Waals surface area (Å²) >= 11 is 0. The van der Waals surface area contributed by atoms with Crippen molar-refractivity contribution in [3.8, 4) is 0 Å². The monoisotopic (exact) mass is 520 g/mol. The number of ether oxygens (including phenoxy) is 2. The predicted octanol–water partition coefficient (Wildman–Crippen LogP) is 7.31. The molecular formula is C30H40O4Si2. The molecule has 0 aliphatic heterocycles. The summed E-state index contributed by atoms with van der Waals surface area (Å²) in [6, 6.07) is 16.9. The molecule has 0 spiro atoms. The molecule has 0 fully saturated rings. The number of hydrogen-bond acceptors (Lipinski definition) is 4. The first-order valence-electron chi connectivity index (χ1n) is 12.9. The van der Waals surface area contributed by atoms with Crippen LogP contribution in [0.5, 0.6) is 0 Å². The second kappa shape index (κ2) is 11.1. The van der Waals surface area contributed by atoms with Gasteiger partial charge < -0.3 is 18.3 Å². The van der Waals surface area contributed by atoms with Crippen molar-refractivity contribution in [2.24, 2.45) is 5.92 Å². The molecule has 4 nitrogen and oxygen atoms in total. The van der Waals surface area contributed by atoms with Crippen molar-refractivity contribution in [3.05, 3.63) is 94.8 Å². The summed E-state index contributed by atoms with van der Waals surface area (Å²) in [5.74, 6) is 2.01. The van der Waals surface area contributed by atoms with Gasteiger partial charge in [-0.25, -0.2) is 0 Å². The fourth-order valence-electron chi connectivity index (χ4n) is 4.55. The van der Waals surface area contributed by atoms with Gasteiger partial charge in [-0.05, 0) is 61.6 Å². The summed E-state index contributed by atoms with van der Waals surface area (Å²) in [5, 5.41) is 0. The Morgan fingerprint density at radius 1 is 0.583 bits per heavy atom. The summed E-state index contributed by atoms with van der Waals surface area (Å²) < 4.78 is 24.9. The highest BCUT2D eigenvalue weighted by molar-refractivity contribution is 6.70. The van der Waals surface area contributed by atoms with E-state index in [1.165, 1.54) is 22.3 Å². The molecule has 0 saturated carbocycles. The van der Waals surface area contributed by atoms with Gasteiger partial charge in [0.15, 0.2) is 16.6 Å². The number of allylic oxidation sites excluding steroid dienone is 2. The number of hydrogen-bond donors (Lipinski definition) is 0. The Morgan fingerprint density at radius 3 is 1.36 bits per heavy atom. The molecule has 6 heteroatoms. The van der Waals surface area contributed by atoms with E-state index in [2.05, 4.69) is 108 Å². The highest BCUT2D eigenvalue weighted by Crippen LogP contribution is 2.46. The highest BCUT2D eigenvalue weighted by atomic mass is 28.4. The van der Waals surface area contributed by atoms with Gasteiger partial charge in [-0.15, -0.1) is 0 Å². The third-order valence-electron chi connectivity index (χ3n) is 6.22. The first-order chi connectivity index (χ1) is 17.0. The van der Waals surface area contributed by atoms with Gasteiger partial charge >= 0.3 is 0 Å². The van der Waals surface area contributed by atoms with Crippen LogP contribution < -0.4 is 0 Å². The van der Waals surface area contributed by atoms with E-state index in [-0.39, 0.29) is 5.92 Å². The van der Waals surface area contributed by atoms with Crippen LogP contribution in [-0.4, -0.2) is 43.1 Å². The van der Waals surface area contributed by atoms with Gasteiger partial charge in [0.05, 0.1) is 13.2 Å². The highest BCUT2D eigenvalue weighted by Gasteiger charge is 2.34. The van der Waals surface area contributed by atoms with Crippen LogP contribution in [0.1, 0.15) is 29.2 Å². The molecule has 2 aliphatic carbocycles. The summed E-state index contributed by atoms with van der Waals surface area (Å²) in [4.78, 5) is 0. The Hall–Kier alpha value is -2.13. The van der Waals surface area contributed by atoms with Gasteiger partial charge in [0, 0.05) is 29.9 Å². The van der Waals surface area contributed by atoms with Crippen molar-refractivity contribution in [3.63, 3.8) is 0 Å². The second-order valence-electron chi connectivity index (χ2n) is 11.4. The predicted molar refractivity (Wildman–Crippen MR) is 153 cm³/mol. The van der Waals surface area contributed by atoms with Crippen molar-refractivity contribution < 1.29 is 18.3 Å². The van der Waals surface area contributed by atoms with Crippen LogP contribution in [-0.2, 0) is 18.3 Å². The SMILES string of the molecule is CC(C1=C(OCCO[Si](C)(C)C)c2ccccc2[CH]1)C1=C(OCCO[Si](C)(C)C)c2ccccc2[CH]1. The molecule has 2 aromatic rings. The van der Waals surface area contributed by atoms with Crippen molar-refractivity contribution in [2.45, 2.75) is 46.2 Å². The van der Waals surface area contributed by atoms with Crippen LogP contribution in [0, 0.1) is 18.8 Å². The lowest BCUT2D eigenvalue weighted by molar-refractivity contribution is 0.188. The zero-order valence-corrected chi connectivity index (χ0v) is 24.8. The van der Waals surface area contributed by atoms with Crippen molar-refractivity contribution >= 4 is 28.2 Å². The molecule has 2 aliphatic rings. The Bertz CT molecular complexity index is 1050. The minimum atomic E-state index is -1.58. The Balaban J connectivity index is 1.60. The van der Waals surface area contributed by atoms with Crippen LogP contribution in [0.3, 0.4) is 0 Å². The molecule has 0 atom stereocenters. The third-order valence-corrected chi connectivity index (χ3v) is 8.36. The Morgan fingerprint density at radius 2 is 0.972 bits per heavy atom. The van der Waals surface area contributed by atoms with E-state index in [4.69, 9.17) is 18.3 Å². The summed E-state index contributed by atoms with van der Waals surface area (Å²) in [5.41, 5.74) is 7.06. The quantitative estimate of drug-likeness (QED) is 0.217. The molecule has 0 N–H and O–H groups in total. The number of fused-ring (bicyclic) bond motifs is 2. The molecule has 192 valence electrons. The fourth-order valence-corrected chi connectivity index (χ4v) is 5.94. The minimum Gasteiger partial charge on any atom is -0.491 e. The van der Waals surface area contributed by atoms with E-state index < -0.39 is 16.6 Å². The van der Waals surface area contributed by atoms with Gasteiger partial charge in [-0.2, -0.15) is 0 Å². The normalized spacial score (nSPS) is 15.6. The molecular weight excluding hydrogens is 480 g/mol.